The Balaban J connectivity index is 2.43. The number of ether oxygens (including phenoxy) is 1. The summed E-state index contributed by atoms with van der Waals surface area (Å²) < 4.78 is 5.04. The molecule has 0 aliphatic carbocycles. The highest BCUT2D eigenvalue weighted by atomic mass is 16.6. The predicted molar refractivity (Wildman–Crippen MR) is 43.7 cm³/mol. The SMILES string of the molecule is CC(C)(C)OC(=O)Cn1ncnn1. The Labute approximate surface area is 75.9 Å². The molecule has 0 saturated carbocycles. The van der Waals surface area contributed by atoms with Crippen LogP contribution < -0.4 is 0 Å². The fourth-order valence-electron chi connectivity index (χ4n) is 0.750. The number of aromatic nitrogens is 4. The van der Waals surface area contributed by atoms with Crippen molar-refractivity contribution in [3.8, 4) is 0 Å². The zero-order valence-corrected chi connectivity index (χ0v) is 7.89. The van der Waals surface area contributed by atoms with Gasteiger partial charge in [0.05, 0.1) is 0 Å². The van der Waals surface area contributed by atoms with Crippen molar-refractivity contribution in [2.24, 2.45) is 0 Å². The van der Waals surface area contributed by atoms with Crippen LogP contribution in [0.2, 0.25) is 0 Å². The van der Waals surface area contributed by atoms with Crippen LogP contribution in [0.25, 0.3) is 0 Å². The molecule has 0 spiro atoms. The zero-order chi connectivity index (χ0) is 9.90. The van der Waals surface area contributed by atoms with Crippen molar-refractivity contribution in [1.29, 1.82) is 0 Å². The second-order valence-corrected chi connectivity index (χ2v) is 3.55. The van der Waals surface area contributed by atoms with Gasteiger partial charge in [0.2, 0.25) is 0 Å². The lowest BCUT2D eigenvalue weighted by Crippen LogP contribution is -2.27. The van der Waals surface area contributed by atoms with Crippen molar-refractivity contribution in [3.63, 3.8) is 0 Å². The van der Waals surface area contributed by atoms with E-state index in [2.05, 4.69) is 15.4 Å². The number of tetrazole rings is 1. The van der Waals surface area contributed by atoms with Gasteiger partial charge in [0.25, 0.3) is 0 Å². The first kappa shape index (κ1) is 9.63. The van der Waals surface area contributed by atoms with E-state index in [1.807, 2.05) is 0 Å². The third-order valence-corrected chi connectivity index (χ3v) is 1.08. The van der Waals surface area contributed by atoms with Crippen LogP contribution in [0.5, 0.6) is 0 Å². The first-order valence-corrected chi connectivity index (χ1v) is 3.90. The maximum absolute atomic E-state index is 11.2. The third-order valence-electron chi connectivity index (χ3n) is 1.08. The lowest BCUT2D eigenvalue weighted by Gasteiger charge is -2.18. The van der Waals surface area contributed by atoms with Gasteiger partial charge in [-0.1, -0.05) is 0 Å². The van der Waals surface area contributed by atoms with Gasteiger partial charge in [-0.2, -0.15) is 4.80 Å². The molecule has 0 N–H and O–H groups in total. The number of carbonyl (C=O) groups excluding carboxylic acids is 1. The van der Waals surface area contributed by atoms with Crippen molar-refractivity contribution >= 4 is 5.97 Å². The van der Waals surface area contributed by atoms with Gasteiger partial charge < -0.3 is 4.74 Å². The minimum absolute atomic E-state index is 0.00271. The molecule has 1 aromatic rings. The van der Waals surface area contributed by atoms with Crippen LogP contribution in [0.4, 0.5) is 0 Å². The highest BCUT2D eigenvalue weighted by Crippen LogP contribution is 2.06. The van der Waals surface area contributed by atoms with E-state index in [9.17, 15) is 4.79 Å². The summed E-state index contributed by atoms with van der Waals surface area (Å²) in [7, 11) is 0. The van der Waals surface area contributed by atoms with E-state index in [0.717, 1.165) is 0 Å². The molecule has 1 heterocycles. The van der Waals surface area contributed by atoms with Crippen LogP contribution in [0.3, 0.4) is 0 Å². The van der Waals surface area contributed by atoms with Crippen molar-refractivity contribution in [3.05, 3.63) is 6.33 Å². The largest absolute Gasteiger partial charge is 0.459 e. The van der Waals surface area contributed by atoms with Crippen LogP contribution in [-0.2, 0) is 16.1 Å². The zero-order valence-electron chi connectivity index (χ0n) is 7.89. The number of carbonyl (C=O) groups is 1. The Morgan fingerprint density at radius 2 is 2.23 bits per heavy atom. The second-order valence-electron chi connectivity index (χ2n) is 3.55. The van der Waals surface area contributed by atoms with Crippen LogP contribution in [0, 0.1) is 0 Å². The Hall–Kier alpha value is -1.46. The van der Waals surface area contributed by atoms with Gasteiger partial charge in [0.1, 0.15) is 5.60 Å². The maximum Gasteiger partial charge on any atom is 0.330 e. The molecule has 0 aliphatic heterocycles. The smallest absolute Gasteiger partial charge is 0.330 e. The van der Waals surface area contributed by atoms with Crippen molar-refractivity contribution < 1.29 is 9.53 Å². The van der Waals surface area contributed by atoms with E-state index < -0.39 is 5.60 Å². The molecule has 0 aliphatic rings. The van der Waals surface area contributed by atoms with E-state index in [4.69, 9.17) is 4.74 Å². The summed E-state index contributed by atoms with van der Waals surface area (Å²) in [5.74, 6) is -0.370. The first-order chi connectivity index (χ1) is 5.97. The molecule has 1 aromatic heterocycles. The maximum atomic E-state index is 11.2. The predicted octanol–water partition coefficient (Wildman–Crippen LogP) is 0.0148. The lowest BCUT2D eigenvalue weighted by molar-refractivity contribution is -0.156. The molecule has 1 rings (SSSR count). The van der Waals surface area contributed by atoms with E-state index in [-0.39, 0.29) is 12.5 Å². The Kier molecular flexibility index (Phi) is 2.60. The fourth-order valence-corrected chi connectivity index (χ4v) is 0.750. The van der Waals surface area contributed by atoms with Gasteiger partial charge in [-0.15, -0.1) is 10.2 Å². The molecule has 6 nitrogen and oxygen atoms in total. The number of esters is 1. The summed E-state index contributed by atoms with van der Waals surface area (Å²) in [6.07, 6.45) is 1.27. The summed E-state index contributed by atoms with van der Waals surface area (Å²) in [6, 6.07) is 0. The third kappa shape index (κ3) is 3.64. The highest BCUT2D eigenvalue weighted by Gasteiger charge is 2.16. The number of rotatable bonds is 2. The first-order valence-electron chi connectivity index (χ1n) is 3.90. The minimum atomic E-state index is -0.475. The molecular weight excluding hydrogens is 172 g/mol. The minimum Gasteiger partial charge on any atom is -0.459 e. The molecule has 0 fully saturated rings. The molecule has 0 amide bonds. The molecule has 0 bridgehead atoms. The van der Waals surface area contributed by atoms with Gasteiger partial charge in [-0.3, -0.25) is 0 Å². The van der Waals surface area contributed by atoms with E-state index in [1.165, 1.54) is 11.1 Å². The van der Waals surface area contributed by atoms with Crippen LogP contribution in [0.1, 0.15) is 20.8 Å². The summed E-state index contributed by atoms with van der Waals surface area (Å²) in [5.41, 5.74) is -0.475. The molecule has 0 atom stereocenters. The highest BCUT2D eigenvalue weighted by molar-refractivity contribution is 5.69. The van der Waals surface area contributed by atoms with E-state index in [1.54, 1.807) is 20.8 Å². The molecule has 13 heavy (non-hydrogen) atoms. The average Bonchev–Trinajstić information content (AvgIpc) is 2.34. The van der Waals surface area contributed by atoms with E-state index in [0.29, 0.717) is 0 Å². The van der Waals surface area contributed by atoms with Gasteiger partial charge in [-0.05, 0) is 26.0 Å². The molecule has 0 unspecified atom stereocenters. The summed E-state index contributed by atoms with van der Waals surface area (Å²) in [5, 5.41) is 10.7. The number of hydrogen-bond acceptors (Lipinski definition) is 5. The standard InChI is InChI=1S/C7H12N4O2/c1-7(2,3)13-6(12)4-11-9-5-8-10-11/h5H,4H2,1-3H3. The molecule has 0 saturated heterocycles. The summed E-state index contributed by atoms with van der Waals surface area (Å²) in [6.45, 7) is 5.41. The molecular formula is C7H12N4O2. The summed E-state index contributed by atoms with van der Waals surface area (Å²) >= 11 is 0. The number of hydrogen-bond donors (Lipinski definition) is 0. The topological polar surface area (TPSA) is 69.9 Å². The normalized spacial score (nSPS) is 11.3. The van der Waals surface area contributed by atoms with E-state index >= 15 is 0 Å². The Bertz CT molecular complexity index is 275. The molecule has 72 valence electrons. The average molecular weight is 184 g/mol. The number of nitrogens with zero attached hydrogens (tertiary/aromatic N) is 4. The van der Waals surface area contributed by atoms with Crippen LogP contribution in [-0.4, -0.2) is 31.8 Å². The van der Waals surface area contributed by atoms with Crippen LogP contribution in [0.15, 0.2) is 6.33 Å². The van der Waals surface area contributed by atoms with Crippen molar-refractivity contribution in [2.45, 2.75) is 32.9 Å². The van der Waals surface area contributed by atoms with Gasteiger partial charge >= 0.3 is 5.97 Å². The van der Waals surface area contributed by atoms with Gasteiger partial charge in [0.15, 0.2) is 12.9 Å². The molecule has 0 aromatic carbocycles. The fraction of sp³-hybridized carbons (Fsp3) is 0.714. The lowest BCUT2D eigenvalue weighted by atomic mass is 10.2. The van der Waals surface area contributed by atoms with Crippen molar-refractivity contribution in [2.75, 3.05) is 0 Å². The Morgan fingerprint density at radius 1 is 1.54 bits per heavy atom. The van der Waals surface area contributed by atoms with Crippen molar-refractivity contribution in [1.82, 2.24) is 20.2 Å². The second kappa shape index (κ2) is 3.51. The quantitative estimate of drug-likeness (QED) is 0.606. The summed E-state index contributed by atoms with van der Waals surface area (Å²) in [4.78, 5) is 12.3. The monoisotopic (exact) mass is 184 g/mol. The molecule has 6 heteroatoms. The van der Waals surface area contributed by atoms with Gasteiger partial charge in [0, 0.05) is 0 Å². The van der Waals surface area contributed by atoms with Gasteiger partial charge in [-0.25, -0.2) is 4.79 Å². The van der Waals surface area contributed by atoms with Crippen LogP contribution >= 0.6 is 0 Å². The Morgan fingerprint density at radius 3 is 2.69 bits per heavy atom. The molecule has 0 radical (unpaired) electrons.